The Labute approximate surface area is 207 Å². The molecule has 1 atom stereocenters. The third-order valence-corrected chi connectivity index (χ3v) is 6.31. The van der Waals surface area contributed by atoms with Gasteiger partial charge in [0.2, 0.25) is 0 Å². The van der Waals surface area contributed by atoms with Crippen LogP contribution < -0.4 is 10.9 Å². The molecule has 0 saturated carbocycles. The van der Waals surface area contributed by atoms with Crippen LogP contribution in [0.4, 0.5) is 5.69 Å². The van der Waals surface area contributed by atoms with Crippen LogP contribution in [0.15, 0.2) is 77.7 Å². The van der Waals surface area contributed by atoms with E-state index in [0.717, 1.165) is 27.7 Å². The molecular formula is C28H25ClN4O2. The van der Waals surface area contributed by atoms with Crippen molar-refractivity contribution in [3.05, 3.63) is 105 Å². The molecule has 4 N–H and O–H groups in total. The van der Waals surface area contributed by atoms with Crippen molar-refractivity contribution in [2.24, 2.45) is 0 Å². The van der Waals surface area contributed by atoms with Gasteiger partial charge in [0, 0.05) is 17.8 Å². The maximum Gasteiger partial charge on any atom is 0.261 e. The second-order valence-electron chi connectivity index (χ2n) is 8.69. The van der Waals surface area contributed by atoms with E-state index >= 15 is 0 Å². The molecule has 5 aromatic rings. The fourth-order valence-electron chi connectivity index (χ4n) is 4.22. The van der Waals surface area contributed by atoms with Gasteiger partial charge in [-0.1, -0.05) is 53.6 Å². The van der Waals surface area contributed by atoms with Crippen LogP contribution in [0.25, 0.3) is 33.5 Å². The highest BCUT2D eigenvalue weighted by Gasteiger charge is 2.17. The third-order valence-electron chi connectivity index (χ3n) is 6.08. The van der Waals surface area contributed by atoms with Crippen molar-refractivity contribution in [3.8, 4) is 22.5 Å². The molecule has 35 heavy (non-hydrogen) atoms. The first-order chi connectivity index (χ1) is 16.9. The molecule has 0 spiro atoms. The summed E-state index contributed by atoms with van der Waals surface area (Å²) in [5.74, 6) is 0.464. The molecule has 0 aliphatic carbocycles. The summed E-state index contributed by atoms with van der Waals surface area (Å²) < 4.78 is 0. The van der Waals surface area contributed by atoms with Crippen molar-refractivity contribution in [2.45, 2.75) is 20.0 Å². The van der Waals surface area contributed by atoms with Crippen LogP contribution in [0.3, 0.4) is 0 Å². The molecule has 0 aliphatic rings. The van der Waals surface area contributed by atoms with E-state index in [9.17, 15) is 9.90 Å². The lowest BCUT2D eigenvalue weighted by Crippen LogP contribution is -2.17. The first-order valence-corrected chi connectivity index (χ1v) is 11.7. The lowest BCUT2D eigenvalue weighted by atomic mass is 10.0. The Bertz CT molecular complexity index is 1570. The summed E-state index contributed by atoms with van der Waals surface area (Å²) in [7, 11) is 0. The number of aliphatic hydroxyl groups is 1. The van der Waals surface area contributed by atoms with E-state index in [1.807, 2.05) is 13.0 Å². The van der Waals surface area contributed by atoms with Crippen molar-refractivity contribution >= 4 is 28.3 Å². The van der Waals surface area contributed by atoms with E-state index in [4.69, 9.17) is 16.6 Å². The zero-order chi connectivity index (χ0) is 24.5. The van der Waals surface area contributed by atoms with E-state index in [1.54, 1.807) is 30.5 Å². The molecule has 6 nitrogen and oxygen atoms in total. The number of benzene rings is 3. The number of aryl methyl sites for hydroxylation is 2. The fraction of sp³-hybridized carbons (Fsp3) is 0.143. The number of anilines is 1. The molecule has 5 rings (SSSR count). The van der Waals surface area contributed by atoms with Gasteiger partial charge in [-0.15, -0.1) is 0 Å². The number of pyridine rings is 1. The Hall–Kier alpha value is -3.87. The van der Waals surface area contributed by atoms with Crippen molar-refractivity contribution in [2.75, 3.05) is 11.9 Å². The number of fused-ring (bicyclic) bond motifs is 1. The van der Waals surface area contributed by atoms with Crippen molar-refractivity contribution in [1.29, 1.82) is 0 Å². The number of nitrogens with zero attached hydrogens (tertiary/aromatic N) is 1. The number of aromatic amines is 2. The first kappa shape index (κ1) is 22.9. The van der Waals surface area contributed by atoms with Crippen LogP contribution in [0.5, 0.6) is 0 Å². The molecule has 3 aromatic carbocycles. The molecule has 0 aliphatic heterocycles. The van der Waals surface area contributed by atoms with E-state index in [1.165, 1.54) is 5.56 Å². The Balaban J connectivity index is 1.49. The summed E-state index contributed by atoms with van der Waals surface area (Å²) in [6.07, 6.45) is 0.777. The highest BCUT2D eigenvalue weighted by Crippen LogP contribution is 2.30. The molecule has 176 valence electrons. The minimum Gasteiger partial charge on any atom is -0.387 e. The van der Waals surface area contributed by atoms with Crippen molar-refractivity contribution in [1.82, 2.24) is 15.0 Å². The minimum atomic E-state index is -0.796. The van der Waals surface area contributed by atoms with E-state index < -0.39 is 6.10 Å². The minimum absolute atomic E-state index is 0.202. The maximum absolute atomic E-state index is 12.8. The van der Waals surface area contributed by atoms with Gasteiger partial charge in [0.25, 0.3) is 5.56 Å². The largest absolute Gasteiger partial charge is 0.387 e. The van der Waals surface area contributed by atoms with E-state index in [0.29, 0.717) is 27.7 Å². The monoisotopic (exact) mass is 484 g/mol. The van der Waals surface area contributed by atoms with Crippen LogP contribution in [-0.2, 0) is 0 Å². The summed E-state index contributed by atoms with van der Waals surface area (Å²) in [4.78, 5) is 23.7. The van der Waals surface area contributed by atoms with Gasteiger partial charge in [-0.2, -0.15) is 0 Å². The van der Waals surface area contributed by atoms with Gasteiger partial charge >= 0.3 is 0 Å². The first-order valence-electron chi connectivity index (χ1n) is 11.4. The van der Waals surface area contributed by atoms with Crippen molar-refractivity contribution in [3.63, 3.8) is 0 Å². The normalized spacial score (nSPS) is 12.1. The fourth-order valence-corrected chi connectivity index (χ4v) is 4.42. The number of aromatic nitrogens is 3. The zero-order valence-corrected chi connectivity index (χ0v) is 20.1. The molecule has 0 radical (unpaired) electrons. The molecule has 0 bridgehead atoms. The molecular weight excluding hydrogens is 460 g/mol. The number of H-pyrrole nitrogens is 2. The average Bonchev–Trinajstić information content (AvgIpc) is 3.27. The third kappa shape index (κ3) is 4.71. The van der Waals surface area contributed by atoms with Crippen LogP contribution in [0.2, 0.25) is 5.02 Å². The van der Waals surface area contributed by atoms with Crippen LogP contribution >= 0.6 is 11.6 Å². The Morgan fingerprint density at radius 1 is 1.03 bits per heavy atom. The van der Waals surface area contributed by atoms with Gasteiger partial charge in [0.1, 0.15) is 11.4 Å². The SMILES string of the molecule is Cc1ccc(-c2cc(C)c3nc(-c4c(NCC(O)c5cccc(Cl)c5)cc[nH]c4=O)[nH]c3c2)cc1. The predicted octanol–water partition coefficient (Wildman–Crippen LogP) is 6.00. The highest BCUT2D eigenvalue weighted by atomic mass is 35.5. The topological polar surface area (TPSA) is 93.8 Å². The Morgan fingerprint density at radius 3 is 2.60 bits per heavy atom. The number of halogens is 1. The van der Waals surface area contributed by atoms with E-state index in [-0.39, 0.29) is 12.1 Å². The molecule has 0 fully saturated rings. The number of aliphatic hydroxyl groups excluding tert-OH is 1. The van der Waals surface area contributed by atoms with Gasteiger partial charge < -0.3 is 20.4 Å². The van der Waals surface area contributed by atoms with Gasteiger partial charge in [0.05, 0.1) is 22.8 Å². The van der Waals surface area contributed by atoms with Gasteiger partial charge in [0.15, 0.2) is 0 Å². The maximum atomic E-state index is 12.8. The van der Waals surface area contributed by atoms with Gasteiger partial charge in [-0.3, -0.25) is 4.79 Å². The lowest BCUT2D eigenvalue weighted by Gasteiger charge is -2.15. The number of hydrogen-bond donors (Lipinski definition) is 4. The zero-order valence-electron chi connectivity index (χ0n) is 19.4. The molecule has 0 saturated heterocycles. The quantitative estimate of drug-likeness (QED) is 0.238. The van der Waals surface area contributed by atoms with Crippen LogP contribution in [0, 0.1) is 13.8 Å². The second-order valence-corrected chi connectivity index (χ2v) is 9.12. The summed E-state index contributed by atoms with van der Waals surface area (Å²) in [5, 5.41) is 14.4. The smallest absolute Gasteiger partial charge is 0.261 e. The van der Waals surface area contributed by atoms with E-state index in [2.05, 4.69) is 58.6 Å². The van der Waals surface area contributed by atoms with Gasteiger partial charge in [-0.25, -0.2) is 4.98 Å². The molecule has 7 heteroatoms. The summed E-state index contributed by atoms with van der Waals surface area (Å²) >= 11 is 6.05. The van der Waals surface area contributed by atoms with Crippen molar-refractivity contribution < 1.29 is 5.11 Å². The predicted molar refractivity (Wildman–Crippen MR) is 142 cm³/mol. The van der Waals surface area contributed by atoms with Crippen LogP contribution in [0.1, 0.15) is 22.8 Å². The molecule has 0 amide bonds. The summed E-state index contributed by atoms with van der Waals surface area (Å²) in [6.45, 7) is 4.28. The number of hydrogen-bond acceptors (Lipinski definition) is 4. The number of rotatable bonds is 6. The summed E-state index contributed by atoms with van der Waals surface area (Å²) in [5.41, 5.74) is 7.46. The van der Waals surface area contributed by atoms with Gasteiger partial charge in [-0.05, 0) is 66.4 Å². The number of nitrogens with one attached hydrogen (secondary N) is 3. The molecule has 1 unspecified atom stereocenters. The highest BCUT2D eigenvalue weighted by molar-refractivity contribution is 6.30. The molecule has 2 heterocycles. The number of imidazole rings is 1. The Kier molecular flexibility index (Phi) is 6.16. The molecule has 2 aromatic heterocycles. The average molecular weight is 485 g/mol. The Morgan fingerprint density at radius 2 is 1.83 bits per heavy atom. The standard InChI is InChI=1S/C28H25ClN4O2/c1-16-6-8-18(9-7-16)20-12-17(2)26-23(14-20)32-27(33-26)25-22(10-11-30-28(25)35)31-15-24(34)19-4-3-5-21(29)13-19/h3-14,24,34H,15H2,1-2H3,(H,32,33)(H2,30,31,35). The summed E-state index contributed by atoms with van der Waals surface area (Å²) in [6, 6.07) is 21.4. The second kappa shape index (κ2) is 9.41. The van der Waals surface area contributed by atoms with Crippen LogP contribution in [-0.4, -0.2) is 26.6 Å². The lowest BCUT2D eigenvalue weighted by molar-refractivity contribution is 0.191.